The van der Waals surface area contributed by atoms with Crippen LogP contribution in [-0.4, -0.2) is 45.2 Å². The second-order valence-electron chi connectivity index (χ2n) is 8.36. The Bertz CT molecular complexity index is 1240. The predicted octanol–water partition coefficient (Wildman–Crippen LogP) is 4.08. The van der Waals surface area contributed by atoms with Crippen LogP contribution in [0.25, 0.3) is 0 Å². The van der Waals surface area contributed by atoms with Crippen molar-refractivity contribution in [2.24, 2.45) is 0 Å². The third-order valence-electron chi connectivity index (χ3n) is 6.07. The summed E-state index contributed by atoms with van der Waals surface area (Å²) >= 11 is 0. The molecular weight excluding hydrogens is 408 g/mol. The summed E-state index contributed by atoms with van der Waals surface area (Å²) in [6.07, 6.45) is 0. The molecule has 0 bridgehead atoms. The van der Waals surface area contributed by atoms with Gasteiger partial charge < -0.3 is 24.4 Å². The maximum atomic E-state index is 13.1. The minimum absolute atomic E-state index is 0.0752. The first kappa shape index (κ1) is 19.9. The van der Waals surface area contributed by atoms with E-state index in [2.05, 4.69) is 0 Å². The molecule has 3 aromatic rings. The van der Waals surface area contributed by atoms with Crippen LogP contribution in [0, 0.1) is 0 Å². The number of carbonyl (C=O) groups is 2. The molecule has 2 heterocycles. The molecule has 7 nitrogen and oxygen atoms in total. The summed E-state index contributed by atoms with van der Waals surface area (Å²) < 4.78 is 12.4. The number of fused-ring (bicyclic) bond motifs is 6. The second-order valence-corrected chi connectivity index (χ2v) is 8.36. The van der Waals surface area contributed by atoms with Crippen LogP contribution >= 0.6 is 0 Å². The van der Waals surface area contributed by atoms with Gasteiger partial charge in [0.05, 0.1) is 11.1 Å². The van der Waals surface area contributed by atoms with Crippen LogP contribution in [0.15, 0.2) is 54.6 Å². The Labute approximate surface area is 185 Å². The monoisotopic (exact) mass is 430 g/mol. The zero-order valence-electron chi connectivity index (χ0n) is 18.2. The summed E-state index contributed by atoms with van der Waals surface area (Å²) in [6.45, 7) is 0. The molecule has 0 atom stereocenters. The number of rotatable bonds is 3. The highest BCUT2D eigenvalue weighted by Crippen LogP contribution is 2.57. The van der Waals surface area contributed by atoms with E-state index >= 15 is 0 Å². The summed E-state index contributed by atoms with van der Waals surface area (Å²) in [6, 6.07) is 16.2. The molecule has 3 aromatic carbocycles. The fourth-order valence-corrected chi connectivity index (χ4v) is 4.48. The quantitative estimate of drug-likeness (QED) is 0.627. The molecule has 2 aliphatic rings. The highest BCUT2D eigenvalue weighted by molar-refractivity contribution is 6.06. The fourth-order valence-electron chi connectivity index (χ4n) is 4.48. The molecule has 0 aromatic heterocycles. The average Bonchev–Trinajstić information content (AvgIpc) is 3.06. The molecule has 1 N–H and O–H groups in total. The maximum Gasteiger partial charge on any atom is 0.341 e. The first-order chi connectivity index (χ1) is 15.2. The van der Waals surface area contributed by atoms with Crippen molar-refractivity contribution in [3.8, 4) is 11.5 Å². The average molecular weight is 430 g/mol. The molecular formula is C25H22N2O5. The number of benzene rings is 3. The summed E-state index contributed by atoms with van der Waals surface area (Å²) in [5, 5.41) is 9.70. The third kappa shape index (κ3) is 2.60. The molecule has 7 heteroatoms. The summed E-state index contributed by atoms with van der Waals surface area (Å²) in [5.74, 6) is -0.721. The van der Waals surface area contributed by atoms with E-state index in [1.807, 2.05) is 74.4 Å². The Morgan fingerprint density at radius 1 is 0.844 bits per heavy atom. The fraction of sp³-hybridized carbons (Fsp3) is 0.200. The standard InChI is InChI=1S/C25H22N2O5/c1-26(2)14-8-10-17-20(12-14)31-21-13-15(27(3)4)9-11-18(21)25(17)19-7-5-6-16(23(28)29)22(19)24(30)32-25/h5-13H,1-4H3,(H,28,29). The van der Waals surface area contributed by atoms with Crippen LogP contribution in [0.4, 0.5) is 11.4 Å². The van der Waals surface area contributed by atoms with Gasteiger partial charge in [0, 0.05) is 68.4 Å². The molecule has 1 spiro atoms. The zero-order valence-corrected chi connectivity index (χ0v) is 18.2. The Morgan fingerprint density at radius 2 is 1.41 bits per heavy atom. The van der Waals surface area contributed by atoms with Gasteiger partial charge in [-0.3, -0.25) is 0 Å². The lowest BCUT2D eigenvalue weighted by Gasteiger charge is -2.37. The molecule has 0 radical (unpaired) electrons. The highest BCUT2D eigenvalue weighted by atomic mass is 16.6. The number of carbonyl (C=O) groups excluding carboxylic acids is 1. The van der Waals surface area contributed by atoms with Gasteiger partial charge >= 0.3 is 11.9 Å². The second kappa shape index (κ2) is 6.75. The number of aromatic carboxylic acids is 1. The molecule has 162 valence electrons. The maximum absolute atomic E-state index is 13.1. The van der Waals surface area contributed by atoms with Crippen LogP contribution in [0.3, 0.4) is 0 Å². The third-order valence-corrected chi connectivity index (χ3v) is 6.07. The molecule has 0 saturated carbocycles. The van der Waals surface area contributed by atoms with E-state index in [9.17, 15) is 14.7 Å². The van der Waals surface area contributed by atoms with E-state index in [-0.39, 0.29) is 11.1 Å². The van der Waals surface area contributed by atoms with E-state index in [0.717, 1.165) is 11.4 Å². The highest BCUT2D eigenvalue weighted by Gasteiger charge is 2.54. The van der Waals surface area contributed by atoms with Crippen molar-refractivity contribution in [2.75, 3.05) is 38.0 Å². The van der Waals surface area contributed by atoms with Gasteiger partial charge in [0.15, 0.2) is 5.60 Å². The minimum atomic E-state index is -1.30. The Morgan fingerprint density at radius 3 is 1.91 bits per heavy atom. The van der Waals surface area contributed by atoms with Crippen molar-refractivity contribution in [2.45, 2.75) is 5.60 Å². The number of nitrogens with zero attached hydrogens (tertiary/aromatic N) is 2. The lowest BCUT2D eigenvalue weighted by molar-refractivity contribution is 0.0222. The van der Waals surface area contributed by atoms with Gasteiger partial charge in [0.25, 0.3) is 0 Å². The van der Waals surface area contributed by atoms with Crippen molar-refractivity contribution in [1.82, 2.24) is 0 Å². The number of hydrogen-bond donors (Lipinski definition) is 1. The van der Waals surface area contributed by atoms with E-state index < -0.39 is 17.5 Å². The van der Waals surface area contributed by atoms with Gasteiger partial charge in [0.1, 0.15) is 11.5 Å². The van der Waals surface area contributed by atoms with Gasteiger partial charge in [-0.15, -0.1) is 0 Å². The molecule has 0 fully saturated rings. The van der Waals surface area contributed by atoms with Crippen molar-refractivity contribution in [3.05, 3.63) is 82.4 Å². The largest absolute Gasteiger partial charge is 0.478 e. The number of carboxylic acids is 1. The van der Waals surface area contributed by atoms with Crippen LogP contribution in [-0.2, 0) is 10.3 Å². The van der Waals surface area contributed by atoms with Crippen molar-refractivity contribution in [1.29, 1.82) is 0 Å². The van der Waals surface area contributed by atoms with Crippen LogP contribution in [0.5, 0.6) is 11.5 Å². The van der Waals surface area contributed by atoms with Gasteiger partial charge in [-0.25, -0.2) is 9.59 Å². The minimum Gasteiger partial charge on any atom is -0.478 e. The van der Waals surface area contributed by atoms with Crippen LogP contribution in [0.2, 0.25) is 0 Å². The number of ether oxygens (including phenoxy) is 2. The number of carboxylic acid groups (broad SMARTS) is 1. The predicted molar refractivity (Wildman–Crippen MR) is 120 cm³/mol. The van der Waals surface area contributed by atoms with Crippen LogP contribution in [0.1, 0.15) is 37.4 Å². The lowest BCUT2D eigenvalue weighted by Crippen LogP contribution is -2.33. The summed E-state index contributed by atoms with van der Waals surface area (Å²) in [7, 11) is 7.73. The van der Waals surface area contributed by atoms with Crippen molar-refractivity contribution >= 4 is 23.3 Å². The Kier molecular flexibility index (Phi) is 4.20. The number of esters is 1. The zero-order chi connectivity index (χ0) is 22.8. The van der Waals surface area contributed by atoms with E-state index in [0.29, 0.717) is 28.2 Å². The van der Waals surface area contributed by atoms with Crippen molar-refractivity contribution in [3.63, 3.8) is 0 Å². The summed E-state index contributed by atoms with van der Waals surface area (Å²) in [5.41, 5.74) is 2.37. The van der Waals surface area contributed by atoms with E-state index in [1.165, 1.54) is 6.07 Å². The van der Waals surface area contributed by atoms with Crippen molar-refractivity contribution < 1.29 is 24.2 Å². The molecule has 0 aliphatic carbocycles. The van der Waals surface area contributed by atoms with E-state index in [4.69, 9.17) is 9.47 Å². The first-order valence-corrected chi connectivity index (χ1v) is 10.2. The Balaban J connectivity index is 1.86. The number of anilines is 2. The Hall–Kier alpha value is -4.00. The molecule has 5 rings (SSSR count). The van der Waals surface area contributed by atoms with Gasteiger partial charge in [-0.05, 0) is 30.3 Å². The number of hydrogen-bond acceptors (Lipinski definition) is 6. The smallest absolute Gasteiger partial charge is 0.341 e. The topological polar surface area (TPSA) is 79.3 Å². The van der Waals surface area contributed by atoms with Crippen LogP contribution < -0.4 is 14.5 Å². The molecule has 0 saturated heterocycles. The molecule has 2 aliphatic heterocycles. The van der Waals surface area contributed by atoms with Gasteiger partial charge in [0.2, 0.25) is 0 Å². The molecule has 32 heavy (non-hydrogen) atoms. The molecule has 0 unspecified atom stereocenters. The van der Waals surface area contributed by atoms with Gasteiger partial charge in [-0.1, -0.05) is 12.1 Å². The normalized spacial score (nSPS) is 14.7. The first-order valence-electron chi connectivity index (χ1n) is 10.2. The van der Waals surface area contributed by atoms with E-state index in [1.54, 1.807) is 12.1 Å². The lowest BCUT2D eigenvalue weighted by atomic mass is 9.77. The van der Waals surface area contributed by atoms with Gasteiger partial charge in [-0.2, -0.15) is 0 Å². The summed E-state index contributed by atoms with van der Waals surface area (Å²) in [4.78, 5) is 28.9. The SMILES string of the molecule is CN(C)c1ccc2c(c1)Oc1cc(N(C)C)ccc1C21OC(=O)c2c(C(=O)O)cccc21. The molecule has 0 amide bonds.